The summed E-state index contributed by atoms with van der Waals surface area (Å²) in [5, 5.41) is 3.09. The van der Waals surface area contributed by atoms with Crippen LogP contribution < -0.4 is 5.32 Å². The zero-order valence-electron chi connectivity index (χ0n) is 14.6. The molecule has 0 atom stereocenters. The van der Waals surface area contributed by atoms with Crippen molar-refractivity contribution in [2.45, 2.75) is 32.2 Å². The van der Waals surface area contributed by atoms with E-state index in [2.05, 4.69) is 5.32 Å². The van der Waals surface area contributed by atoms with Crippen molar-refractivity contribution in [1.82, 2.24) is 10.2 Å². The molecule has 1 fully saturated rings. The molecule has 1 aliphatic rings. The monoisotopic (exact) mass is 336 g/mol. The van der Waals surface area contributed by atoms with Gasteiger partial charge in [0.05, 0.1) is 6.42 Å². The molecule has 0 radical (unpaired) electrons. The van der Waals surface area contributed by atoms with Gasteiger partial charge in [0.1, 0.15) is 0 Å². The molecule has 2 amide bonds. The summed E-state index contributed by atoms with van der Waals surface area (Å²) >= 11 is 0. The van der Waals surface area contributed by atoms with Gasteiger partial charge in [-0.1, -0.05) is 48.0 Å². The predicted molar refractivity (Wildman–Crippen MR) is 98.4 cm³/mol. The summed E-state index contributed by atoms with van der Waals surface area (Å²) < 4.78 is 0. The van der Waals surface area contributed by atoms with Crippen molar-refractivity contribution in [3.8, 4) is 0 Å². The van der Waals surface area contributed by atoms with E-state index in [0.717, 1.165) is 24.0 Å². The number of rotatable bonds is 4. The minimum atomic E-state index is -0.0333. The predicted octanol–water partition coefficient (Wildman–Crippen LogP) is 2.96. The first kappa shape index (κ1) is 17.2. The molecule has 2 aromatic rings. The number of hydrogen-bond acceptors (Lipinski definition) is 2. The molecule has 1 N–H and O–H groups in total. The number of carbonyl (C=O) groups excluding carboxylic acids is 2. The molecule has 4 heteroatoms. The number of nitrogens with one attached hydrogen (secondary N) is 1. The highest BCUT2D eigenvalue weighted by molar-refractivity contribution is 5.94. The molecule has 4 nitrogen and oxygen atoms in total. The van der Waals surface area contributed by atoms with E-state index >= 15 is 0 Å². The van der Waals surface area contributed by atoms with Crippen LogP contribution in [0.5, 0.6) is 0 Å². The van der Waals surface area contributed by atoms with Crippen molar-refractivity contribution >= 4 is 11.8 Å². The van der Waals surface area contributed by atoms with Gasteiger partial charge >= 0.3 is 0 Å². The van der Waals surface area contributed by atoms with Crippen LogP contribution in [0.4, 0.5) is 0 Å². The van der Waals surface area contributed by atoms with Crippen molar-refractivity contribution in [3.05, 3.63) is 71.3 Å². The Bertz CT molecular complexity index is 717. The van der Waals surface area contributed by atoms with Crippen LogP contribution in [-0.2, 0) is 11.2 Å². The van der Waals surface area contributed by atoms with Crippen molar-refractivity contribution in [1.29, 1.82) is 0 Å². The van der Waals surface area contributed by atoms with Gasteiger partial charge in [0.15, 0.2) is 0 Å². The zero-order valence-corrected chi connectivity index (χ0v) is 14.6. The Balaban J connectivity index is 1.47. The Morgan fingerprint density at radius 3 is 2.28 bits per heavy atom. The van der Waals surface area contributed by atoms with Gasteiger partial charge < -0.3 is 10.2 Å². The number of aryl methyl sites for hydroxylation is 1. The Labute approximate surface area is 148 Å². The van der Waals surface area contributed by atoms with E-state index in [0.29, 0.717) is 25.1 Å². The van der Waals surface area contributed by atoms with Crippen molar-refractivity contribution in [3.63, 3.8) is 0 Å². The summed E-state index contributed by atoms with van der Waals surface area (Å²) in [7, 11) is 0. The van der Waals surface area contributed by atoms with Crippen LogP contribution in [-0.4, -0.2) is 35.8 Å². The molecule has 0 saturated carbocycles. The summed E-state index contributed by atoms with van der Waals surface area (Å²) in [6, 6.07) is 17.5. The Morgan fingerprint density at radius 2 is 1.64 bits per heavy atom. The van der Waals surface area contributed by atoms with Gasteiger partial charge in [0.25, 0.3) is 5.91 Å². The summed E-state index contributed by atoms with van der Waals surface area (Å²) in [6.07, 6.45) is 2.05. The number of nitrogens with zero attached hydrogens (tertiary/aromatic N) is 1. The average molecular weight is 336 g/mol. The maximum absolute atomic E-state index is 12.4. The first-order valence-electron chi connectivity index (χ1n) is 8.81. The molecule has 25 heavy (non-hydrogen) atoms. The lowest BCUT2D eigenvalue weighted by atomic mass is 10.0. The van der Waals surface area contributed by atoms with E-state index in [1.165, 1.54) is 0 Å². The van der Waals surface area contributed by atoms with Gasteiger partial charge in [0.2, 0.25) is 5.91 Å². The second kappa shape index (κ2) is 7.97. The molecule has 0 aliphatic carbocycles. The van der Waals surface area contributed by atoms with Gasteiger partial charge in [-0.15, -0.1) is 0 Å². The van der Waals surface area contributed by atoms with Gasteiger partial charge in [-0.05, 0) is 37.5 Å². The first-order chi connectivity index (χ1) is 12.1. The molecular weight excluding hydrogens is 312 g/mol. The maximum Gasteiger partial charge on any atom is 0.251 e. The first-order valence-corrected chi connectivity index (χ1v) is 8.81. The fourth-order valence-corrected chi connectivity index (χ4v) is 3.13. The van der Waals surface area contributed by atoms with Gasteiger partial charge in [-0.25, -0.2) is 0 Å². The smallest absolute Gasteiger partial charge is 0.251 e. The normalized spacial score (nSPS) is 15.0. The summed E-state index contributed by atoms with van der Waals surface area (Å²) in [4.78, 5) is 26.6. The van der Waals surface area contributed by atoms with E-state index in [1.54, 1.807) is 0 Å². The van der Waals surface area contributed by atoms with Crippen LogP contribution in [0.25, 0.3) is 0 Å². The quantitative estimate of drug-likeness (QED) is 0.933. The lowest BCUT2D eigenvalue weighted by Crippen LogP contribution is -2.46. The third-order valence-corrected chi connectivity index (χ3v) is 4.69. The second-order valence-electron chi connectivity index (χ2n) is 6.66. The van der Waals surface area contributed by atoms with E-state index < -0.39 is 0 Å². The van der Waals surface area contributed by atoms with Crippen LogP contribution in [0.3, 0.4) is 0 Å². The lowest BCUT2D eigenvalue weighted by molar-refractivity contribution is -0.131. The Morgan fingerprint density at radius 1 is 1.00 bits per heavy atom. The topological polar surface area (TPSA) is 49.4 Å². The zero-order chi connectivity index (χ0) is 17.6. The fourth-order valence-electron chi connectivity index (χ4n) is 3.13. The van der Waals surface area contributed by atoms with Crippen LogP contribution in [0.2, 0.25) is 0 Å². The number of likely N-dealkylation sites (tertiary alicyclic amines) is 1. The third kappa shape index (κ3) is 4.69. The molecule has 1 aliphatic heterocycles. The second-order valence-corrected chi connectivity index (χ2v) is 6.66. The number of hydrogen-bond donors (Lipinski definition) is 1. The Kier molecular flexibility index (Phi) is 5.49. The molecule has 1 heterocycles. The standard InChI is InChI=1S/C21H24N2O2/c1-16-7-9-18(10-8-16)21(25)22-19-11-13-23(14-12-19)20(24)15-17-5-3-2-4-6-17/h2-10,19H,11-15H2,1H3,(H,22,25). The lowest BCUT2D eigenvalue weighted by Gasteiger charge is -2.32. The highest BCUT2D eigenvalue weighted by atomic mass is 16.2. The highest BCUT2D eigenvalue weighted by Crippen LogP contribution is 2.13. The largest absolute Gasteiger partial charge is 0.349 e. The maximum atomic E-state index is 12.4. The number of carbonyl (C=O) groups is 2. The van der Waals surface area contributed by atoms with Gasteiger partial charge in [0, 0.05) is 24.7 Å². The third-order valence-electron chi connectivity index (χ3n) is 4.69. The van der Waals surface area contributed by atoms with Crippen LogP contribution in [0.15, 0.2) is 54.6 Å². The minimum absolute atomic E-state index is 0.0333. The van der Waals surface area contributed by atoms with Gasteiger partial charge in [-0.2, -0.15) is 0 Å². The van der Waals surface area contributed by atoms with Crippen molar-refractivity contribution < 1.29 is 9.59 Å². The van der Waals surface area contributed by atoms with E-state index in [9.17, 15) is 9.59 Å². The molecule has 3 rings (SSSR count). The molecule has 0 bridgehead atoms. The van der Waals surface area contributed by atoms with Crippen LogP contribution in [0.1, 0.15) is 34.3 Å². The fraction of sp³-hybridized carbons (Fsp3) is 0.333. The minimum Gasteiger partial charge on any atom is -0.349 e. The van der Waals surface area contributed by atoms with E-state index in [-0.39, 0.29) is 17.9 Å². The van der Waals surface area contributed by atoms with E-state index in [1.807, 2.05) is 66.4 Å². The summed E-state index contributed by atoms with van der Waals surface area (Å²) in [6.45, 7) is 3.40. The molecule has 130 valence electrons. The number of piperidine rings is 1. The van der Waals surface area contributed by atoms with Gasteiger partial charge in [-0.3, -0.25) is 9.59 Å². The highest BCUT2D eigenvalue weighted by Gasteiger charge is 2.24. The molecule has 2 aromatic carbocycles. The number of benzene rings is 2. The van der Waals surface area contributed by atoms with Crippen LogP contribution in [0, 0.1) is 6.92 Å². The summed E-state index contributed by atoms with van der Waals surface area (Å²) in [5.74, 6) is 0.128. The van der Waals surface area contributed by atoms with E-state index in [4.69, 9.17) is 0 Å². The summed E-state index contributed by atoms with van der Waals surface area (Å²) in [5.41, 5.74) is 2.87. The SMILES string of the molecule is Cc1ccc(C(=O)NC2CCN(C(=O)Cc3ccccc3)CC2)cc1. The molecule has 0 aromatic heterocycles. The molecule has 0 spiro atoms. The van der Waals surface area contributed by atoms with Crippen LogP contribution >= 0.6 is 0 Å². The molecule has 0 unspecified atom stereocenters. The van der Waals surface area contributed by atoms with Crippen molar-refractivity contribution in [2.24, 2.45) is 0 Å². The average Bonchev–Trinajstić information content (AvgIpc) is 2.63. The molecule has 1 saturated heterocycles. The molecular formula is C21H24N2O2. The number of amides is 2. The van der Waals surface area contributed by atoms with Crippen molar-refractivity contribution in [2.75, 3.05) is 13.1 Å². The Hall–Kier alpha value is -2.62.